The Morgan fingerprint density at radius 3 is 2.63 bits per heavy atom. The van der Waals surface area contributed by atoms with Crippen molar-refractivity contribution < 1.29 is 23.5 Å². The van der Waals surface area contributed by atoms with Crippen LogP contribution in [0.4, 0.5) is 4.79 Å². The molecule has 7 heteroatoms. The summed E-state index contributed by atoms with van der Waals surface area (Å²) in [6.07, 6.45) is 0.770. The summed E-state index contributed by atoms with van der Waals surface area (Å²) in [6.45, 7) is 5.49. The van der Waals surface area contributed by atoms with Crippen LogP contribution in [0.2, 0.25) is 0 Å². The highest BCUT2D eigenvalue weighted by Crippen LogP contribution is 2.11. The van der Waals surface area contributed by atoms with Crippen LogP contribution in [0.3, 0.4) is 0 Å². The Balaban J connectivity index is 2.44. The van der Waals surface area contributed by atoms with Gasteiger partial charge in [0.25, 0.3) is 0 Å². The van der Waals surface area contributed by atoms with Gasteiger partial charge in [-0.1, -0.05) is 0 Å². The minimum atomic E-state index is -0.601. The van der Waals surface area contributed by atoms with Crippen molar-refractivity contribution in [1.82, 2.24) is 10.9 Å². The van der Waals surface area contributed by atoms with Gasteiger partial charge >= 0.3 is 12.1 Å². The maximum atomic E-state index is 11.4. The van der Waals surface area contributed by atoms with Crippen molar-refractivity contribution >= 4 is 12.1 Å². The number of carbonyl (C=O) groups is 2. The Morgan fingerprint density at radius 1 is 1.37 bits per heavy atom. The number of furan rings is 1. The van der Waals surface area contributed by atoms with Gasteiger partial charge in [-0.25, -0.2) is 15.0 Å². The summed E-state index contributed by atoms with van der Waals surface area (Å²) in [6, 6.07) is 1.61. The van der Waals surface area contributed by atoms with Gasteiger partial charge in [0.15, 0.2) is 0 Å². The van der Waals surface area contributed by atoms with Gasteiger partial charge in [-0.15, -0.1) is 0 Å². The van der Waals surface area contributed by atoms with Gasteiger partial charge in [-0.2, -0.15) is 0 Å². The molecule has 0 aliphatic rings. The van der Waals surface area contributed by atoms with E-state index in [2.05, 4.69) is 15.6 Å². The molecule has 0 fully saturated rings. The molecule has 0 atom stereocenters. The highest BCUT2D eigenvalue weighted by Gasteiger charge is 2.17. The van der Waals surface area contributed by atoms with Crippen LogP contribution in [0, 0.1) is 0 Å². The van der Waals surface area contributed by atoms with Gasteiger partial charge in [0.1, 0.15) is 5.60 Å². The first kappa shape index (κ1) is 15.0. The summed E-state index contributed by atoms with van der Waals surface area (Å²) in [5, 5.41) is 0. The highest BCUT2D eigenvalue weighted by atomic mass is 16.6. The first-order valence-corrected chi connectivity index (χ1v) is 5.70. The monoisotopic (exact) mass is 270 g/mol. The lowest BCUT2D eigenvalue weighted by atomic mass is 10.2. The molecular formula is C12H18N2O5. The maximum absolute atomic E-state index is 11.4. The number of hydrazine groups is 1. The van der Waals surface area contributed by atoms with Gasteiger partial charge in [0.2, 0.25) is 5.76 Å². The van der Waals surface area contributed by atoms with Gasteiger partial charge in [0, 0.05) is 12.1 Å². The molecule has 1 aromatic rings. The molecule has 0 saturated heterocycles. The molecule has 1 rings (SSSR count). The molecule has 2 N–H and O–H groups in total. The number of amides is 1. The van der Waals surface area contributed by atoms with Crippen molar-refractivity contribution in [2.24, 2.45) is 0 Å². The van der Waals surface area contributed by atoms with Crippen molar-refractivity contribution in [1.29, 1.82) is 0 Å². The number of carbonyl (C=O) groups excluding carboxylic acids is 2. The molecule has 0 aliphatic carbocycles. The molecule has 1 aromatic heterocycles. The fourth-order valence-corrected chi connectivity index (χ4v) is 1.26. The zero-order chi connectivity index (χ0) is 14.5. The van der Waals surface area contributed by atoms with Crippen LogP contribution in [-0.2, 0) is 16.0 Å². The highest BCUT2D eigenvalue weighted by molar-refractivity contribution is 5.87. The Kier molecular flexibility index (Phi) is 4.94. The van der Waals surface area contributed by atoms with Crippen LogP contribution in [0.25, 0.3) is 0 Å². The number of hydrogen-bond acceptors (Lipinski definition) is 6. The molecule has 0 bridgehead atoms. The van der Waals surface area contributed by atoms with E-state index < -0.39 is 17.7 Å². The Bertz CT molecular complexity index is 447. The number of nitrogens with one attached hydrogen (secondary N) is 2. The lowest BCUT2D eigenvalue weighted by Crippen LogP contribution is -2.40. The Morgan fingerprint density at radius 2 is 2.05 bits per heavy atom. The van der Waals surface area contributed by atoms with E-state index >= 15 is 0 Å². The van der Waals surface area contributed by atoms with E-state index in [9.17, 15) is 9.59 Å². The normalized spacial score (nSPS) is 10.9. The van der Waals surface area contributed by atoms with E-state index in [-0.39, 0.29) is 12.3 Å². The van der Waals surface area contributed by atoms with Gasteiger partial charge in [0.05, 0.1) is 13.4 Å². The summed E-state index contributed by atoms with van der Waals surface area (Å²) in [4.78, 5) is 22.7. The van der Waals surface area contributed by atoms with Crippen LogP contribution < -0.4 is 10.9 Å². The average molecular weight is 270 g/mol. The molecule has 0 radical (unpaired) electrons. The second-order valence-corrected chi connectivity index (χ2v) is 4.75. The predicted molar refractivity (Wildman–Crippen MR) is 66.3 cm³/mol. The predicted octanol–water partition coefficient (Wildman–Crippen LogP) is 1.60. The Hall–Kier alpha value is -2.02. The zero-order valence-electron chi connectivity index (χ0n) is 11.4. The number of ether oxygens (including phenoxy) is 2. The number of methoxy groups -OCH3 is 1. The SMILES string of the molecule is COC(=O)c1occc1CNNC(=O)OC(C)(C)C. The molecular weight excluding hydrogens is 252 g/mol. The summed E-state index contributed by atoms with van der Waals surface area (Å²) in [7, 11) is 1.26. The topological polar surface area (TPSA) is 89.8 Å². The molecule has 106 valence electrons. The number of rotatable bonds is 4. The fourth-order valence-electron chi connectivity index (χ4n) is 1.26. The first-order valence-electron chi connectivity index (χ1n) is 5.70. The molecule has 7 nitrogen and oxygen atoms in total. The van der Waals surface area contributed by atoms with Crippen LogP contribution in [0.5, 0.6) is 0 Å². The third-order valence-corrected chi connectivity index (χ3v) is 1.99. The summed E-state index contributed by atoms with van der Waals surface area (Å²) in [5.74, 6) is -0.472. The van der Waals surface area contributed by atoms with Crippen LogP contribution >= 0.6 is 0 Å². The summed E-state index contributed by atoms with van der Waals surface area (Å²) < 4.78 is 14.6. The standard InChI is InChI=1S/C12H18N2O5/c1-12(2,3)19-11(16)14-13-7-8-5-6-18-9(8)10(15)17-4/h5-6,13H,7H2,1-4H3,(H,14,16). The van der Waals surface area contributed by atoms with E-state index in [4.69, 9.17) is 9.15 Å². The van der Waals surface area contributed by atoms with Crippen LogP contribution in [-0.4, -0.2) is 24.8 Å². The van der Waals surface area contributed by atoms with Gasteiger partial charge in [-0.3, -0.25) is 5.43 Å². The lowest BCUT2D eigenvalue weighted by molar-refractivity contribution is 0.0497. The van der Waals surface area contributed by atoms with E-state index in [1.807, 2.05) is 0 Å². The molecule has 1 amide bonds. The van der Waals surface area contributed by atoms with E-state index in [0.29, 0.717) is 5.56 Å². The van der Waals surface area contributed by atoms with Crippen LogP contribution in [0.15, 0.2) is 16.7 Å². The largest absolute Gasteiger partial charge is 0.463 e. The third kappa shape index (κ3) is 5.01. The Labute approximate surface area is 111 Å². The lowest BCUT2D eigenvalue weighted by Gasteiger charge is -2.19. The van der Waals surface area contributed by atoms with Crippen molar-refractivity contribution in [2.75, 3.05) is 7.11 Å². The molecule has 0 saturated carbocycles. The first-order chi connectivity index (χ1) is 8.83. The second-order valence-electron chi connectivity index (χ2n) is 4.75. The average Bonchev–Trinajstić information content (AvgIpc) is 2.74. The molecule has 0 aliphatic heterocycles. The van der Waals surface area contributed by atoms with Crippen LogP contribution in [0.1, 0.15) is 36.9 Å². The molecule has 1 heterocycles. The quantitative estimate of drug-likeness (QED) is 0.638. The number of hydrogen-bond donors (Lipinski definition) is 2. The van der Waals surface area contributed by atoms with E-state index in [1.165, 1.54) is 13.4 Å². The van der Waals surface area contributed by atoms with Crippen molar-refractivity contribution in [3.05, 3.63) is 23.7 Å². The minimum Gasteiger partial charge on any atom is -0.463 e. The van der Waals surface area contributed by atoms with Crippen molar-refractivity contribution in [3.63, 3.8) is 0 Å². The van der Waals surface area contributed by atoms with E-state index in [1.54, 1.807) is 26.8 Å². The third-order valence-electron chi connectivity index (χ3n) is 1.99. The minimum absolute atomic E-state index is 0.0981. The van der Waals surface area contributed by atoms with E-state index in [0.717, 1.165) is 0 Å². The van der Waals surface area contributed by atoms with Gasteiger partial charge < -0.3 is 13.9 Å². The molecule has 0 unspecified atom stereocenters. The fraction of sp³-hybridized carbons (Fsp3) is 0.500. The van der Waals surface area contributed by atoms with Crippen molar-refractivity contribution in [2.45, 2.75) is 32.9 Å². The molecule has 19 heavy (non-hydrogen) atoms. The number of esters is 1. The smallest absolute Gasteiger partial charge is 0.422 e. The molecule has 0 spiro atoms. The zero-order valence-corrected chi connectivity index (χ0v) is 11.4. The van der Waals surface area contributed by atoms with Gasteiger partial charge in [-0.05, 0) is 26.8 Å². The molecule has 0 aromatic carbocycles. The second kappa shape index (κ2) is 6.24. The van der Waals surface area contributed by atoms with Crippen molar-refractivity contribution in [3.8, 4) is 0 Å². The summed E-state index contributed by atoms with van der Waals surface area (Å²) in [5.41, 5.74) is 5.00. The maximum Gasteiger partial charge on any atom is 0.422 e. The summed E-state index contributed by atoms with van der Waals surface area (Å²) >= 11 is 0.